The molecule has 4 nitrogen and oxygen atoms in total. The summed E-state index contributed by atoms with van der Waals surface area (Å²) in [7, 11) is 0. The summed E-state index contributed by atoms with van der Waals surface area (Å²) in [6.07, 6.45) is 1.48. The van der Waals surface area contributed by atoms with E-state index in [4.69, 9.17) is 5.73 Å². The third-order valence-corrected chi connectivity index (χ3v) is 2.84. The molecule has 1 aromatic rings. The molecule has 0 aliphatic heterocycles. The minimum atomic E-state index is -0.867. The molecule has 1 rings (SSSR count). The first kappa shape index (κ1) is 14.4. The van der Waals surface area contributed by atoms with Crippen LogP contribution >= 0.6 is 0 Å². The van der Waals surface area contributed by atoms with Crippen LogP contribution in [0.4, 0.5) is 5.69 Å². The Balaban J connectivity index is 2.73. The lowest BCUT2D eigenvalue weighted by Gasteiger charge is -2.22. The van der Waals surface area contributed by atoms with Crippen molar-refractivity contribution < 1.29 is 9.59 Å². The molecule has 0 aliphatic rings. The summed E-state index contributed by atoms with van der Waals surface area (Å²) in [5.74, 6) is -0.206. The molecule has 1 atom stereocenters. The van der Waals surface area contributed by atoms with E-state index in [1.165, 1.54) is 6.92 Å². The average molecular weight is 248 g/mol. The number of carbonyl (C=O) groups is 2. The lowest BCUT2D eigenvalue weighted by molar-refractivity contribution is -0.120. The van der Waals surface area contributed by atoms with Crippen LogP contribution < -0.4 is 11.1 Å². The van der Waals surface area contributed by atoms with Gasteiger partial charge in [0, 0.05) is 11.3 Å². The molecule has 0 fully saturated rings. The van der Waals surface area contributed by atoms with Gasteiger partial charge in [-0.1, -0.05) is 13.3 Å². The van der Waals surface area contributed by atoms with E-state index in [1.54, 1.807) is 31.2 Å². The molecule has 1 amide bonds. The zero-order valence-corrected chi connectivity index (χ0v) is 11.1. The average Bonchev–Trinajstić information content (AvgIpc) is 2.29. The van der Waals surface area contributed by atoms with Crippen molar-refractivity contribution >= 4 is 17.4 Å². The van der Waals surface area contributed by atoms with Crippen molar-refractivity contribution in [1.29, 1.82) is 0 Å². The van der Waals surface area contributed by atoms with Gasteiger partial charge in [0.1, 0.15) is 0 Å². The maximum atomic E-state index is 11.9. The molecule has 0 saturated carbocycles. The number of anilines is 1. The van der Waals surface area contributed by atoms with Crippen LogP contribution in [0.3, 0.4) is 0 Å². The standard InChI is InChI=1S/C14H20N2O2/c1-4-9-14(3,15)13(18)16-12-7-5-11(6-8-12)10(2)17/h5-8H,4,9,15H2,1-3H3,(H,16,18). The smallest absolute Gasteiger partial charge is 0.244 e. The van der Waals surface area contributed by atoms with E-state index in [-0.39, 0.29) is 11.7 Å². The van der Waals surface area contributed by atoms with Crippen LogP contribution in [0.25, 0.3) is 0 Å². The van der Waals surface area contributed by atoms with E-state index in [0.717, 1.165) is 6.42 Å². The number of hydrogen-bond donors (Lipinski definition) is 2. The summed E-state index contributed by atoms with van der Waals surface area (Å²) < 4.78 is 0. The second-order valence-corrected chi connectivity index (χ2v) is 4.76. The number of ketones is 1. The Morgan fingerprint density at radius 3 is 2.28 bits per heavy atom. The third kappa shape index (κ3) is 3.67. The SMILES string of the molecule is CCCC(C)(N)C(=O)Nc1ccc(C(C)=O)cc1. The molecule has 0 aromatic heterocycles. The molecule has 0 saturated heterocycles. The van der Waals surface area contributed by atoms with Crippen molar-refractivity contribution in [2.45, 2.75) is 39.2 Å². The molecule has 18 heavy (non-hydrogen) atoms. The third-order valence-electron chi connectivity index (χ3n) is 2.84. The van der Waals surface area contributed by atoms with Gasteiger partial charge in [0.2, 0.25) is 5.91 Å². The Labute approximate surface area is 108 Å². The first-order valence-corrected chi connectivity index (χ1v) is 6.08. The predicted octanol–water partition coefficient (Wildman–Crippen LogP) is 2.35. The van der Waals surface area contributed by atoms with Gasteiger partial charge in [-0.05, 0) is 44.5 Å². The number of nitrogens with one attached hydrogen (secondary N) is 1. The largest absolute Gasteiger partial charge is 0.325 e. The van der Waals surface area contributed by atoms with E-state index in [1.807, 2.05) is 6.92 Å². The minimum Gasteiger partial charge on any atom is -0.325 e. The van der Waals surface area contributed by atoms with Gasteiger partial charge in [-0.15, -0.1) is 0 Å². The molecule has 0 radical (unpaired) electrons. The van der Waals surface area contributed by atoms with E-state index < -0.39 is 5.54 Å². The topological polar surface area (TPSA) is 72.2 Å². The van der Waals surface area contributed by atoms with Crippen molar-refractivity contribution in [3.8, 4) is 0 Å². The van der Waals surface area contributed by atoms with Crippen molar-refractivity contribution in [1.82, 2.24) is 0 Å². The predicted molar refractivity (Wildman–Crippen MR) is 72.6 cm³/mol. The number of nitrogens with two attached hydrogens (primary N) is 1. The molecule has 0 heterocycles. The number of Topliss-reactive ketones (excluding diaryl/α,β-unsaturated/α-hetero) is 1. The number of hydrogen-bond acceptors (Lipinski definition) is 3. The van der Waals surface area contributed by atoms with Crippen LogP contribution in [0.15, 0.2) is 24.3 Å². The molecule has 0 bridgehead atoms. The fourth-order valence-electron chi connectivity index (χ4n) is 1.70. The first-order valence-electron chi connectivity index (χ1n) is 6.08. The maximum absolute atomic E-state index is 11.9. The van der Waals surface area contributed by atoms with Crippen LogP contribution in [-0.2, 0) is 4.79 Å². The number of amides is 1. The summed E-state index contributed by atoms with van der Waals surface area (Å²) in [5, 5.41) is 2.76. The van der Waals surface area contributed by atoms with Crippen molar-refractivity contribution in [2.75, 3.05) is 5.32 Å². The molecular formula is C14H20N2O2. The zero-order valence-electron chi connectivity index (χ0n) is 11.1. The van der Waals surface area contributed by atoms with Gasteiger partial charge in [-0.3, -0.25) is 9.59 Å². The lowest BCUT2D eigenvalue weighted by atomic mass is 9.96. The monoisotopic (exact) mass is 248 g/mol. The summed E-state index contributed by atoms with van der Waals surface area (Å²) in [5.41, 5.74) is 6.34. The normalized spacial score (nSPS) is 13.8. The second kappa shape index (κ2) is 5.78. The Hall–Kier alpha value is -1.68. The zero-order chi connectivity index (χ0) is 13.8. The Kier molecular flexibility index (Phi) is 4.62. The van der Waals surface area contributed by atoms with Crippen LogP contribution in [0.1, 0.15) is 44.0 Å². The molecule has 1 aromatic carbocycles. The van der Waals surface area contributed by atoms with E-state index >= 15 is 0 Å². The molecule has 4 heteroatoms. The molecule has 1 unspecified atom stereocenters. The Bertz CT molecular complexity index is 436. The highest BCUT2D eigenvalue weighted by Gasteiger charge is 2.27. The van der Waals surface area contributed by atoms with Gasteiger partial charge in [0.15, 0.2) is 5.78 Å². The summed E-state index contributed by atoms with van der Waals surface area (Å²) in [4.78, 5) is 23.1. The van der Waals surface area contributed by atoms with Gasteiger partial charge in [0.05, 0.1) is 5.54 Å². The van der Waals surface area contributed by atoms with E-state index in [0.29, 0.717) is 17.7 Å². The highest BCUT2D eigenvalue weighted by atomic mass is 16.2. The maximum Gasteiger partial charge on any atom is 0.244 e. The molecule has 0 aliphatic carbocycles. The first-order chi connectivity index (χ1) is 8.36. The summed E-state index contributed by atoms with van der Waals surface area (Å²) in [6, 6.07) is 6.78. The van der Waals surface area contributed by atoms with Gasteiger partial charge in [-0.25, -0.2) is 0 Å². The summed E-state index contributed by atoms with van der Waals surface area (Å²) in [6.45, 7) is 5.21. The quantitative estimate of drug-likeness (QED) is 0.786. The highest BCUT2D eigenvalue weighted by Crippen LogP contribution is 2.14. The number of carbonyl (C=O) groups excluding carboxylic acids is 2. The van der Waals surface area contributed by atoms with Crippen molar-refractivity contribution in [3.05, 3.63) is 29.8 Å². The van der Waals surface area contributed by atoms with Crippen LogP contribution in [0.2, 0.25) is 0 Å². The molecular weight excluding hydrogens is 228 g/mol. The van der Waals surface area contributed by atoms with Gasteiger partial charge in [-0.2, -0.15) is 0 Å². The van der Waals surface area contributed by atoms with E-state index in [9.17, 15) is 9.59 Å². The van der Waals surface area contributed by atoms with Crippen molar-refractivity contribution in [3.63, 3.8) is 0 Å². The van der Waals surface area contributed by atoms with E-state index in [2.05, 4.69) is 5.32 Å². The number of benzene rings is 1. The van der Waals surface area contributed by atoms with Gasteiger partial charge in [0.25, 0.3) is 0 Å². The second-order valence-electron chi connectivity index (χ2n) is 4.76. The van der Waals surface area contributed by atoms with Crippen LogP contribution in [0.5, 0.6) is 0 Å². The van der Waals surface area contributed by atoms with Gasteiger partial charge >= 0.3 is 0 Å². The number of rotatable bonds is 5. The van der Waals surface area contributed by atoms with Gasteiger partial charge < -0.3 is 11.1 Å². The van der Waals surface area contributed by atoms with Crippen molar-refractivity contribution in [2.24, 2.45) is 5.73 Å². The Morgan fingerprint density at radius 2 is 1.83 bits per heavy atom. The lowest BCUT2D eigenvalue weighted by Crippen LogP contribution is -2.48. The fourth-order valence-corrected chi connectivity index (χ4v) is 1.70. The highest BCUT2D eigenvalue weighted by molar-refractivity contribution is 5.98. The fraction of sp³-hybridized carbons (Fsp3) is 0.429. The molecule has 3 N–H and O–H groups in total. The molecule has 0 spiro atoms. The van der Waals surface area contributed by atoms with Crippen LogP contribution in [-0.4, -0.2) is 17.2 Å². The minimum absolute atomic E-state index is 0.00234. The molecule has 98 valence electrons. The summed E-state index contributed by atoms with van der Waals surface area (Å²) >= 11 is 0. The Morgan fingerprint density at radius 1 is 1.28 bits per heavy atom. The van der Waals surface area contributed by atoms with Crippen LogP contribution in [0, 0.1) is 0 Å².